The molecule has 2 aliphatic rings. The topological polar surface area (TPSA) is 58.2 Å². The molecule has 2 amide bonds. The van der Waals surface area contributed by atoms with E-state index in [1.54, 1.807) is 0 Å². The van der Waals surface area contributed by atoms with Gasteiger partial charge in [-0.3, -0.25) is 14.9 Å². The van der Waals surface area contributed by atoms with Crippen LogP contribution in [-0.4, -0.2) is 23.9 Å². The summed E-state index contributed by atoms with van der Waals surface area (Å²) in [5, 5.41) is 5.86. The van der Waals surface area contributed by atoms with Crippen LogP contribution in [0.15, 0.2) is 0 Å². The van der Waals surface area contributed by atoms with Gasteiger partial charge in [0.2, 0.25) is 11.8 Å². The number of nitrogens with one attached hydrogen (secondary N) is 2. The van der Waals surface area contributed by atoms with Crippen molar-refractivity contribution in [2.24, 2.45) is 5.92 Å². The molecule has 0 aromatic carbocycles. The number of carbonyl (C=O) groups is 2. The van der Waals surface area contributed by atoms with Gasteiger partial charge in [0, 0.05) is 12.5 Å². The maximum Gasteiger partial charge on any atom is 0.243 e. The average Bonchev–Trinajstić information content (AvgIpc) is 2.58. The van der Waals surface area contributed by atoms with Crippen LogP contribution in [0, 0.1) is 5.92 Å². The Morgan fingerprint density at radius 1 is 1.17 bits per heavy atom. The molecule has 3 atom stereocenters. The number of imide groups is 1. The molecule has 0 aromatic heterocycles. The predicted octanol–water partition coefficient (Wildman–Crippen LogP) is 1.74. The predicted molar refractivity (Wildman–Crippen MR) is 70.0 cm³/mol. The number of carbonyl (C=O) groups excluding carboxylic acids is 2. The van der Waals surface area contributed by atoms with Gasteiger partial charge in [-0.2, -0.15) is 0 Å². The first-order valence-corrected chi connectivity index (χ1v) is 7.28. The molecule has 0 spiro atoms. The van der Waals surface area contributed by atoms with Crippen molar-refractivity contribution >= 4 is 11.8 Å². The molecule has 2 N–H and O–H groups in total. The van der Waals surface area contributed by atoms with Gasteiger partial charge in [0.1, 0.15) is 0 Å². The first-order valence-electron chi connectivity index (χ1n) is 7.28. The maximum atomic E-state index is 11.7. The summed E-state index contributed by atoms with van der Waals surface area (Å²) >= 11 is 0. The second-order valence-corrected chi connectivity index (χ2v) is 5.65. The fourth-order valence-electron chi connectivity index (χ4n) is 3.09. The summed E-state index contributed by atoms with van der Waals surface area (Å²) in [4.78, 5) is 22.8. The highest BCUT2D eigenvalue weighted by Gasteiger charge is 2.29. The summed E-state index contributed by atoms with van der Waals surface area (Å²) in [6, 6.07) is 0.288. The lowest BCUT2D eigenvalue weighted by atomic mass is 9.97. The fraction of sp³-hybridized carbons (Fsp3) is 0.857. The Bertz CT molecular complexity index is 317. The lowest BCUT2D eigenvalue weighted by Crippen LogP contribution is -2.53. The Labute approximate surface area is 109 Å². The molecule has 2 fully saturated rings. The second kappa shape index (κ2) is 6.32. The molecule has 1 saturated carbocycles. The highest BCUT2D eigenvalue weighted by molar-refractivity contribution is 6.00. The zero-order chi connectivity index (χ0) is 13.0. The third-order valence-corrected chi connectivity index (χ3v) is 4.34. The van der Waals surface area contributed by atoms with Gasteiger partial charge in [0.15, 0.2) is 0 Å². The van der Waals surface area contributed by atoms with Gasteiger partial charge in [0.25, 0.3) is 0 Å². The average molecular weight is 252 g/mol. The largest absolute Gasteiger partial charge is 0.303 e. The van der Waals surface area contributed by atoms with Crippen LogP contribution in [0.5, 0.6) is 0 Å². The van der Waals surface area contributed by atoms with Crippen LogP contribution in [-0.2, 0) is 9.59 Å². The smallest absolute Gasteiger partial charge is 0.243 e. The van der Waals surface area contributed by atoms with Crippen molar-refractivity contribution in [1.82, 2.24) is 10.6 Å². The normalized spacial score (nSPS) is 33.9. The van der Waals surface area contributed by atoms with Crippen molar-refractivity contribution in [2.45, 2.75) is 70.4 Å². The molecule has 0 aromatic rings. The Hall–Kier alpha value is -0.900. The molecule has 3 unspecified atom stereocenters. The highest BCUT2D eigenvalue weighted by atomic mass is 16.2. The summed E-state index contributed by atoms with van der Waals surface area (Å²) in [5.41, 5.74) is 0. The van der Waals surface area contributed by atoms with E-state index in [0.29, 0.717) is 18.9 Å². The second-order valence-electron chi connectivity index (χ2n) is 5.65. The number of piperidine rings is 1. The van der Waals surface area contributed by atoms with Crippen LogP contribution in [0.25, 0.3) is 0 Å². The zero-order valence-electron chi connectivity index (χ0n) is 11.2. The van der Waals surface area contributed by atoms with Crippen LogP contribution in [0.4, 0.5) is 0 Å². The number of hydrogen-bond donors (Lipinski definition) is 2. The highest BCUT2D eigenvalue weighted by Crippen LogP contribution is 2.26. The van der Waals surface area contributed by atoms with Gasteiger partial charge in [-0.25, -0.2) is 0 Å². The van der Waals surface area contributed by atoms with Crippen molar-refractivity contribution < 1.29 is 9.59 Å². The molecule has 1 aliphatic heterocycles. The summed E-state index contributed by atoms with van der Waals surface area (Å²) in [5.74, 6) is 0.589. The number of rotatable bonds is 3. The SMILES string of the molecule is CCC1CCCC(NC2CCC(=O)NC2=O)CC1. The van der Waals surface area contributed by atoms with Gasteiger partial charge in [-0.05, 0) is 31.6 Å². The summed E-state index contributed by atoms with van der Waals surface area (Å²) < 4.78 is 0. The van der Waals surface area contributed by atoms with Crippen molar-refractivity contribution in [2.75, 3.05) is 0 Å². The van der Waals surface area contributed by atoms with E-state index in [1.165, 1.54) is 25.7 Å². The molecule has 0 radical (unpaired) electrons. The molecule has 0 bridgehead atoms. The van der Waals surface area contributed by atoms with E-state index in [-0.39, 0.29) is 17.9 Å². The van der Waals surface area contributed by atoms with Crippen LogP contribution in [0.3, 0.4) is 0 Å². The van der Waals surface area contributed by atoms with Crippen molar-refractivity contribution in [1.29, 1.82) is 0 Å². The number of hydrogen-bond acceptors (Lipinski definition) is 3. The van der Waals surface area contributed by atoms with Crippen LogP contribution in [0.2, 0.25) is 0 Å². The standard InChI is InChI=1S/C14H24N2O2/c1-2-10-4-3-5-11(7-6-10)15-12-8-9-13(17)16-14(12)18/h10-12,15H,2-9H2,1H3,(H,16,17,18). The van der Waals surface area contributed by atoms with E-state index >= 15 is 0 Å². The lowest BCUT2D eigenvalue weighted by molar-refractivity contribution is -0.134. The van der Waals surface area contributed by atoms with Crippen LogP contribution in [0.1, 0.15) is 58.3 Å². The molecular formula is C14H24N2O2. The summed E-state index contributed by atoms with van der Waals surface area (Å²) in [6.45, 7) is 2.26. The van der Waals surface area contributed by atoms with E-state index in [9.17, 15) is 9.59 Å². The lowest BCUT2D eigenvalue weighted by Gasteiger charge is -2.26. The molecule has 1 aliphatic carbocycles. The molecule has 1 heterocycles. The molecule has 1 saturated heterocycles. The van der Waals surface area contributed by atoms with Gasteiger partial charge in [-0.1, -0.05) is 26.2 Å². The van der Waals surface area contributed by atoms with Gasteiger partial charge >= 0.3 is 0 Å². The van der Waals surface area contributed by atoms with Crippen LogP contribution >= 0.6 is 0 Å². The third kappa shape index (κ3) is 3.55. The van der Waals surface area contributed by atoms with Crippen molar-refractivity contribution in [3.8, 4) is 0 Å². The Balaban J connectivity index is 1.82. The minimum absolute atomic E-state index is 0.134. The quantitative estimate of drug-likeness (QED) is 0.594. The monoisotopic (exact) mass is 252 g/mol. The Morgan fingerprint density at radius 3 is 2.72 bits per heavy atom. The van der Waals surface area contributed by atoms with Crippen molar-refractivity contribution in [3.05, 3.63) is 0 Å². The van der Waals surface area contributed by atoms with Crippen LogP contribution < -0.4 is 10.6 Å². The fourth-order valence-corrected chi connectivity index (χ4v) is 3.09. The summed E-state index contributed by atoms with van der Waals surface area (Å²) in [6.07, 6.45) is 8.55. The minimum Gasteiger partial charge on any atom is -0.303 e. The van der Waals surface area contributed by atoms with E-state index in [2.05, 4.69) is 17.6 Å². The van der Waals surface area contributed by atoms with Gasteiger partial charge < -0.3 is 5.32 Å². The van der Waals surface area contributed by atoms with E-state index < -0.39 is 0 Å². The number of amides is 2. The molecule has 18 heavy (non-hydrogen) atoms. The third-order valence-electron chi connectivity index (χ3n) is 4.34. The zero-order valence-corrected chi connectivity index (χ0v) is 11.2. The Morgan fingerprint density at radius 2 is 2.00 bits per heavy atom. The molecular weight excluding hydrogens is 228 g/mol. The molecule has 2 rings (SSSR count). The summed E-state index contributed by atoms with van der Waals surface area (Å²) in [7, 11) is 0. The molecule has 102 valence electrons. The Kier molecular flexibility index (Phi) is 4.75. The van der Waals surface area contributed by atoms with Crippen molar-refractivity contribution in [3.63, 3.8) is 0 Å². The van der Waals surface area contributed by atoms with Gasteiger partial charge in [0.05, 0.1) is 6.04 Å². The van der Waals surface area contributed by atoms with E-state index in [4.69, 9.17) is 0 Å². The first kappa shape index (κ1) is 13.5. The maximum absolute atomic E-state index is 11.7. The molecule has 4 nitrogen and oxygen atoms in total. The molecule has 4 heteroatoms. The van der Waals surface area contributed by atoms with E-state index in [0.717, 1.165) is 18.8 Å². The first-order chi connectivity index (χ1) is 8.69. The minimum atomic E-state index is -0.161. The van der Waals surface area contributed by atoms with E-state index in [1.807, 2.05) is 0 Å². The van der Waals surface area contributed by atoms with Gasteiger partial charge in [-0.15, -0.1) is 0 Å².